The first-order valence-corrected chi connectivity index (χ1v) is 13.7. The maximum atomic E-state index is 13.5. The van der Waals surface area contributed by atoms with Gasteiger partial charge in [0.25, 0.3) is 5.91 Å². The molecular formula is C26H29N3O4S. The van der Waals surface area contributed by atoms with Crippen LogP contribution in [0, 0.1) is 0 Å². The maximum absolute atomic E-state index is 13.5. The highest BCUT2D eigenvalue weighted by Gasteiger charge is 2.27. The average Bonchev–Trinajstić information content (AvgIpc) is 3.36. The molecule has 3 aromatic rings. The zero-order chi connectivity index (χ0) is 23.7. The first-order chi connectivity index (χ1) is 16.4. The molecule has 0 unspecified atom stereocenters. The lowest BCUT2D eigenvalue weighted by atomic mass is 10.1. The average molecular weight is 480 g/mol. The number of aromatic nitrogens is 1. The predicted molar refractivity (Wildman–Crippen MR) is 132 cm³/mol. The van der Waals surface area contributed by atoms with E-state index in [0.717, 1.165) is 48.5 Å². The van der Waals surface area contributed by atoms with Crippen molar-refractivity contribution in [2.45, 2.75) is 36.7 Å². The van der Waals surface area contributed by atoms with Crippen LogP contribution in [0.4, 0.5) is 5.69 Å². The summed E-state index contributed by atoms with van der Waals surface area (Å²) in [6.07, 6.45) is 7.25. The van der Waals surface area contributed by atoms with Crippen molar-refractivity contribution in [3.05, 3.63) is 60.3 Å². The van der Waals surface area contributed by atoms with Crippen LogP contribution in [0.5, 0.6) is 5.75 Å². The molecular weight excluding hydrogens is 450 g/mol. The zero-order valence-corrected chi connectivity index (χ0v) is 20.1. The molecule has 8 heteroatoms. The molecule has 1 aliphatic carbocycles. The third-order valence-electron chi connectivity index (χ3n) is 6.71. The van der Waals surface area contributed by atoms with Gasteiger partial charge in [-0.05, 0) is 56.0 Å². The summed E-state index contributed by atoms with van der Waals surface area (Å²) in [6.45, 7) is 2.43. The summed E-state index contributed by atoms with van der Waals surface area (Å²) in [7, 11) is -3.44. The van der Waals surface area contributed by atoms with E-state index in [4.69, 9.17) is 4.74 Å². The summed E-state index contributed by atoms with van der Waals surface area (Å²) in [4.78, 5) is 22.2. The largest absolute Gasteiger partial charge is 0.490 e. The van der Waals surface area contributed by atoms with Crippen molar-refractivity contribution in [2.75, 3.05) is 37.3 Å². The second kappa shape index (κ2) is 9.25. The number of hydrogen-bond donors (Lipinski definition) is 0. The molecule has 178 valence electrons. The van der Waals surface area contributed by atoms with Gasteiger partial charge in [-0.3, -0.25) is 9.78 Å². The molecule has 1 saturated heterocycles. The molecule has 1 saturated carbocycles. The van der Waals surface area contributed by atoms with E-state index < -0.39 is 9.84 Å². The normalized spacial score (nSPS) is 17.3. The van der Waals surface area contributed by atoms with Gasteiger partial charge in [0.2, 0.25) is 0 Å². The topological polar surface area (TPSA) is 79.8 Å². The number of carbonyl (C=O) groups excluding carboxylic acids is 1. The van der Waals surface area contributed by atoms with E-state index in [1.165, 1.54) is 12.1 Å². The van der Waals surface area contributed by atoms with Crippen LogP contribution in [0.2, 0.25) is 0 Å². The third kappa shape index (κ3) is 4.73. The molecule has 2 heterocycles. The second-order valence-electron chi connectivity index (χ2n) is 9.12. The highest BCUT2D eigenvalue weighted by molar-refractivity contribution is 7.90. The van der Waals surface area contributed by atoms with Crippen LogP contribution in [-0.2, 0) is 9.84 Å². The van der Waals surface area contributed by atoms with Crippen LogP contribution in [0.15, 0.2) is 59.6 Å². The molecule has 2 fully saturated rings. The van der Waals surface area contributed by atoms with Gasteiger partial charge in [-0.25, -0.2) is 8.42 Å². The quantitative estimate of drug-likeness (QED) is 0.552. The number of rotatable bonds is 5. The van der Waals surface area contributed by atoms with Crippen LogP contribution in [0.1, 0.15) is 36.0 Å². The number of fused-ring (bicyclic) bond motifs is 1. The van der Waals surface area contributed by atoms with Crippen molar-refractivity contribution in [2.24, 2.45) is 0 Å². The molecule has 1 aromatic heterocycles. The fourth-order valence-corrected chi connectivity index (χ4v) is 5.41. The van der Waals surface area contributed by atoms with Gasteiger partial charge in [0.1, 0.15) is 5.75 Å². The number of carbonyl (C=O) groups is 1. The minimum absolute atomic E-state index is 0.0767. The number of para-hydroxylation sites is 1. The van der Waals surface area contributed by atoms with Gasteiger partial charge in [0, 0.05) is 37.8 Å². The Morgan fingerprint density at radius 2 is 1.74 bits per heavy atom. The third-order valence-corrected chi connectivity index (χ3v) is 7.82. The molecule has 7 nitrogen and oxygen atoms in total. The molecule has 0 atom stereocenters. The van der Waals surface area contributed by atoms with Crippen LogP contribution in [-0.4, -0.2) is 62.7 Å². The molecule has 34 heavy (non-hydrogen) atoms. The van der Waals surface area contributed by atoms with Crippen LogP contribution in [0.25, 0.3) is 10.9 Å². The van der Waals surface area contributed by atoms with Crippen molar-refractivity contribution >= 4 is 32.3 Å². The van der Waals surface area contributed by atoms with Gasteiger partial charge in [0.15, 0.2) is 9.84 Å². The number of sulfone groups is 1. The smallest absolute Gasteiger partial charge is 0.257 e. The predicted octanol–water partition coefficient (Wildman–Crippen LogP) is 3.92. The summed E-state index contributed by atoms with van der Waals surface area (Å²) in [5.74, 6) is 0.292. The van der Waals surface area contributed by atoms with E-state index in [2.05, 4.69) is 16.0 Å². The Hall–Kier alpha value is -3.13. The van der Waals surface area contributed by atoms with Gasteiger partial charge < -0.3 is 14.5 Å². The van der Waals surface area contributed by atoms with E-state index in [9.17, 15) is 13.2 Å². The zero-order valence-electron chi connectivity index (χ0n) is 19.3. The van der Waals surface area contributed by atoms with Crippen LogP contribution >= 0.6 is 0 Å². The Kier molecular flexibility index (Phi) is 6.16. The Bertz CT molecular complexity index is 1310. The van der Waals surface area contributed by atoms with E-state index in [1.54, 1.807) is 11.0 Å². The lowest BCUT2D eigenvalue weighted by Crippen LogP contribution is -2.49. The molecule has 0 radical (unpaired) electrons. The van der Waals surface area contributed by atoms with Crippen LogP contribution in [0.3, 0.4) is 0 Å². The molecule has 2 aliphatic rings. The molecule has 2 aromatic carbocycles. The summed E-state index contributed by atoms with van der Waals surface area (Å²) in [6, 6.07) is 14.8. The molecule has 1 amide bonds. The van der Waals surface area contributed by atoms with Gasteiger partial charge in [-0.2, -0.15) is 0 Å². The molecule has 5 rings (SSSR count). The summed E-state index contributed by atoms with van der Waals surface area (Å²) >= 11 is 0. The number of amides is 1. The summed E-state index contributed by atoms with van der Waals surface area (Å²) in [5, 5.41) is 1.09. The van der Waals surface area contributed by atoms with E-state index >= 15 is 0 Å². The lowest BCUT2D eigenvalue weighted by molar-refractivity contribution is 0.0739. The lowest BCUT2D eigenvalue weighted by Gasteiger charge is -2.36. The van der Waals surface area contributed by atoms with Crippen molar-refractivity contribution in [3.63, 3.8) is 0 Å². The number of hydrogen-bond acceptors (Lipinski definition) is 6. The standard InChI is InChI=1S/C26H29N3O4S/c1-34(31,32)22-10-11-25(33-21-7-3-4-8-21)23(17-22)26(30)29-14-12-28(13-15-29)20-16-19-6-2-5-9-24(19)27-18-20/h2,5-6,9-11,16-18,21H,3-4,7-8,12-15H2,1H3. The van der Waals surface area contributed by atoms with E-state index in [0.29, 0.717) is 37.5 Å². The summed E-state index contributed by atoms with van der Waals surface area (Å²) < 4.78 is 30.5. The minimum atomic E-state index is -3.44. The highest BCUT2D eigenvalue weighted by Crippen LogP contribution is 2.30. The monoisotopic (exact) mass is 479 g/mol. The first-order valence-electron chi connectivity index (χ1n) is 11.8. The Morgan fingerprint density at radius 3 is 2.47 bits per heavy atom. The number of pyridine rings is 1. The van der Waals surface area contributed by atoms with Gasteiger partial charge in [0.05, 0.1) is 34.0 Å². The van der Waals surface area contributed by atoms with E-state index in [-0.39, 0.29) is 16.9 Å². The number of anilines is 1. The number of ether oxygens (including phenoxy) is 1. The fourth-order valence-electron chi connectivity index (χ4n) is 4.77. The van der Waals surface area contributed by atoms with Crippen molar-refractivity contribution < 1.29 is 17.9 Å². The van der Waals surface area contributed by atoms with Crippen molar-refractivity contribution in [1.82, 2.24) is 9.88 Å². The summed E-state index contributed by atoms with van der Waals surface area (Å²) in [5.41, 5.74) is 2.33. The van der Waals surface area contributed by atoms with Gasteiger partial charge in [-0.15, -0.1) is 0 Å². The maximum Gasteiger partial charge on any atom is 0.257 e. The number of benzene rings is 2. The molecule has 0 spiro atoms. The minimum Gasteiger partial charge on any atom is -0.490 e. The molecule has 0 bridgehead atoms. The van der Waals surface area contributed by atoms with Gasteiger partial charge in [-0.1, -0.05) is 18.2 Å². The molecule has 1 aliphatic heterocycles. The Morgan fingerprint density at radius 1 is 1.00 bits per heavy atom. The second-order valence-corrected chi connectivity index (χ2v) is 11.1. The number of nitrogens with zero attached hydrogens (tertiary/aromatic N) is 3. The Balaban J connectivity index is 1.34. The van der Waals surface area contributed by atoms with Gasteiger partial charge >= 0.3 is 0 Å². The van der Waals surface area contributed by atoms with E-state index in [1.807, 2.05) is 30.5 Å². The van der Waals surface area contributed by atoms with Crippen molar-refractivity contribution in [3.8, 4) is 5.75 Å². The van der Waals surface area contributed by atoms with Crippen molar-refractivity contribution in [1.29, 1.82) is 0 Å². The number of piperazine rings is 1. The van der Waals surface area contributed by atoms with Crippen LogP contribution < -0.4 is 9.64 Å². The first kappa shape index (κ1) is 22.7. The SMILES string of the molecule is CS(=O)(=O)c1ccc(OC2CCCC2)c(C(=O)N2CCN(c3cnc4ccccc4c3)CC2)c1. The molecule has 0 N–H and O–H groups in total. The Labute approximate surface area is 200 Å². The highest BCUT2D eigenvalue weighted by atomic mass is 32.2. The fraction of sp³-hybridized carbons (Fsp3) is 0.385.